The zero-order valence-electron chi connectivity index (χ0n) is 14.7. The minimum atomic E-state index is -0.443. The van der Waals surface area contributed by atoms with E-state index in [1.54, 1.807) is 0 Å². The third kappa shape index (κ3) is 3.49. The van der Waals surface area contributed by atoms with Gasteiger partial charge in [-0.2, -0.15) is 0 Å². The Morgan fingerprint density at radius 3 is 2.33 bits per heavy atom. The molecule has 0 spiro atoms. The maximum absolute atomic E-state index is 12.2. The van der Waals surface area contributed by atoms with Crippen molar-refractivity contribution in [1.29, 1.82) is 0 Å². The van der Waals surface area contributed by atoms with Crippen LogP contribution in [0.2, 0.25) is 0 Å². The molecule has 1 aromatic rings. The fourth-order valence-corrected chi connectivity index (χ4v) is 2.66. The lowest BCUT2D eigenvalue weighted by molar-refractivity contribution is -0.128. The predicted molar refractivity (Wildman–Crippen MR) is 93.4 cm³/mol. The van der Waals surface area contributed by atoms with E-state index in [1.807, 2.05) is 52.0 Å². The standard InChI is InChI=1S/C17H25BN2O4/c1-16(2)17(3,4)24-18(23-16)12-5-7-13(8-6-12)20-15(21)14-11-19-9-10-22-14/h5-8,14,19H,9-11H2,1-4H3,(H,20,21)/t14-/m0/s1. The summed E-state index contributed by atoms with van der Waals surface area (Å²) >= 11 is 0. The molecule has 0 bridgehead atoms. The maximum Gasteiger partial charge on any atom is 0.494 e. The van der Waals surface area contributed by atoms with Crippen LogP contribution in [0.25, 0.3) is 0 Å². The molecule has 2 aliphatic rings. The Bertz CT molecular complexity index is 581. The quantitative estimate of drug-likeness (QED) is 0.806. The molecule has 0 saturated carbocycles. The molecule has 6 nitrogen and oxygen atoms in total. The lowest BCUT2D eigenvalue weighted by atomic mass is 9.79. The van der Waals surface area contributed by atoms with Gasteiger partial charge in [-0.15, -0.1) is 0 Å². The van der Waals surface area contributed by atoms with Gasteiger partial charge in [-0.05, 0) is 45.3 Å². The van der Waals surface area contributed by atoms with Crippen molar-refractivity contribution in [3.63, 3.8) is 0 Å². The number of rotatable bonds is 3. The Labute approximate surface area is 143 Å². The van der Waals surface area contributed by atoms with Crippen LogP contribution in [0.3, 0.4) is 0 Å². The highest BCUT2D eigenvalue weighted by Gasteiger charge is 2.51. The summed E-state index contributed by atoms with van der Waals surface area (Å²) in [5.41, 5.74) is 0.933. The van der Waals surface area contributed by atoms with Crippen LogP contribution >= 0.6 is 0 Å². The van der Waals surface area contributed by atoms with Crippen LogP contribution in [0.15, 0.2) is 24.3 Å². The Kier molecular flexibility index (Phi) is 4.70. The van der Waals surface area contributed by atoms with Gasteiger partial charge in [-0.25, -0.2) is 0 Å². The lowest BCUT2D eigenvalue weighted by Gasteiger charge is -2.32. The summed E-state index contributed by atoms with van der Waals surface area (Å²) in [6.07, 6.45) is -0.443. The Hall–Kier alpha value is -1.41. The van der Waals surface area contributed by atoms with Crippen molar-refractivity contribution in [2.45, 2.75) is 45.0 Å². The van der Waals surface area contributed by atoms with E-state index in [0.717, 1.165) is 17.7 Å². The van der Waals surface area contributed by atoms with Crippen LogP contribution in [0, 0.1) is 0 Å². The van der Waals surface area contributed by atoms with Gasteiger partial charge in [0.05, 0.1) is 17.8 Å². The monoisotopic (exact) mass is 332 g/mol. The zero-order valence-corrected chi connectivity index (χ0v) is 14.7. The Morgan fingerprint density at radius 1 is 1.17 bits per heavy atom. The summed E-state index contributed by atoms with van der Waals surface area (Å²) in [5, 5.41) is 6.02. The predicted octanol–water partition coefficient (Wildman–Crippen LogP) is 0.913. The number of amides is 1. The summed E-state index contributed by atoms with van der Waals surface area (Å²) in [5.74, 6) is -0.134. The van der Waals surface area contributed by atoms with E-state index >= 15 is 0 Å². The van der Waals surface area contributed by atoms with Crippen molar-refractivity contribution in [1.82, 2.24) is 5.32 Å². The Balaban J connectivity index is 1.63. The van der Waals surface area contributed by atoms with E-state index in [0.29, 0.717) is 13.2 Å². The first kappa shape index (κ1) is 17.4. The van der Waals surface area contributed by atoms with Gasteiger partial charge >= 0.3 is 7.12 Å². The van der Waals surface area contributed by atoms with Gasteiger partial charge in [0.25, 0.3) is 5.91 Å². The molecule has 0 unspecified atom stereocenters. The third-order valence-corrected chi connectivity index (χ3v) is 4.92. The minimum Gasteiger partial charge on any atom is -0.399 e. The average molecular weight is 332 g/mol. The number of anilines is 1. The number of hydrogen-bond acceptors (Lipinski definition) is 5. The molecule has 0 radical (unpaired) electrons. The topological polar surface area (TPSA) is 68.8 Å². The lowest BCUT2D eigenvalue weighted by Crippen LogP contribution is -2.45. The minimum absolute atomic E-state index is 0.134. The van der Waals surface area contributed by atoms with Gasteiger partial charge in [0.1, 0.15) is 6.10 Å². The number of hydrogen-bond donors (Lipinski definition) is 2. The first-order valence-corrected chi connectivity index (χ1v) is 8.37. The Morgan fingerprint density at radius 2 is 1.79 bits per heavy atom. The van der Waals surface area contributed by atoms with Gasteiger partial charge in [-0.1, -0.05) is 12.1 Å². The van der Waals surface area contributed by atoms with Crippen LogP contribution in [-0.4, -0.2) is 50.0 Å². The highest BCUT2D eigenvalue weighted by atomic mass is 16.7. The van der Waals surface area contributed by atoms with E-state index in [2.05, 4.69) is 10.6 Å². The van der Waals surface area contributed by atoms with Crippen molar-refractivity contribution in [3.05, 3.63) is 24.3 Å². The summed E-state index contributed by atoms with van der Waals surface area (Å²) < 4.78 is 17.5. The first-order valence-electron chi connectivity index (χ1n) is 8.37. The number of benzene rings is 1. The molecule has 2 aliphatic heterocycles. The highest BCUT2D eigenvalue weighted by Crippen LogP contribution is 2.36. The van der Waals surface area contributed by atoms with Crippen LogP contribution in [0.5, 0.6) is 0 Å². The molecule has 0 aliphatic carbocycles. The van der Waals surface area contributed by atoms with E-state index in [9.17, 15) is 4.79 Å². The fourth-order valence-electron chi connectivity index (χ4n) is 2.66. The van der Waals surface area contributed by atoms with E-state index in [1.165, 1.54) is 0 Å². The molecule has 0 aromatic heterocycles. The van der Waals surface area contributed by atoms with Gasteiger partial charge in [0.2, 0.25) is 0 Å². The molecular formula is C17H25BN2O4. The van der Waals surface area contributed by atoms with E-state index in [4.69, 9.17) is 14.0 Å². The second-order valence-corrected chi connectivity index (χ2v) is 7.26. The first-order chi connectivity index (χ1) is 11.3. The van der Waals surface area contributed by atoms with E-state index in [-0.39, 0.29) is 17.1 Å². The summed E-state index contributed by atoms with van der Waals surface area (Å²) in [6, 6.07) is 7.54. The number of nitrogens with one attached hydrogen (secondary N) is 2. The van der Waals surface area contributed by atoms with Crippen molar-refractivity contribution in [2.24, 2.45) is 0 Å². The largest absolute Gasteiger partial charge is 0.494 e. The van der Waals surface area contributed by atoms with Crippen LogP contribution in [0.4, 0.5) is 5.69 Å². The number of ether oxygens (including phenoxy) is 1. The molecule has 2 saturated heterocycles. The van der Waals surface area contributed by atoms with E-state index < -0.39 is 13.2 Å². The SMILES string of the molecule is CC1(C)OB(c2ccc(NC(=O)[C@@H]3CNCCO3)cc2)OC1(C)C. The second-order valence-electron chi connectivity index (χ2n) is 7.26. The summed E-state index contributed by atoms with van der Waals surface area (Å²) in [6.45, 7) is 9.99. The second kappa shape index (κ2) is 6.48. The maximum atomic E-state index is 12.2. The normalized spacial score (nSPS) is 25.5. The van der Waals surface area contributed by atoms with Crippen molar-refractivity contribution < 1.29 is 18.8 Å². The number of carbonyl (C=O) groups excluding carboxylic acids is 1. The van der Waals surface area contributed by atoms with Gasteiger partial charge in [-0.3, -0.25) is 4.79 Å². The van der Waals surface area contributed by atoms with Gasteiger partial charge in [0, 0.05) is 18.8 Å². The van der Waals surface area contributed by atoms with Crippen LogP contribution in [0.1, 0.15) is 27.7 Å². The third-order valence-electron chi connectivity index (χ3n) is 4.92. The van der Waals surface area contributed by atoms with Crippen LogP contribution < -0.4 is 16.1 Å². The average Bonchev–Trinajstić information content (AvgIpc) is 2.77. The molecule has 7 heteroatoms. The fraction of sp³-hybridized carbons (Fsp3) is 0.588. The molecule has 24 heavy (non-hydrogen) atoms. The molecule has 3 rings (SSSR count). The molecule has 2 N–H and O–H groups in total. The molecule has 130 valence electrons. The summed E-state index contributed by atoms with van der Waals surface area (Å²) in [7, 11) is -0.398. The molecular weight excluding hydrogens is 307 g/mol. The molecule has 1 amide bonds. The van der Waals surface area contributed by atoms with Gasteiger partial charge in [0.15, 0.2) is 0 Å². The summed E-state index contributed by atoms with van der Waals surface area (Å²) in [4.78, 5) is 12.2. The molecule has 2 fully saturated rings. The van der Waals surface area contributed by atoms with Gasteiger partial charge < -0.3 is 24.7 Å². The zero-order chi connectivity index (χ0) is 17.4. The van der Waals surface area contributed by atoms with Crippen LogP contribution in [-0.2, 0) is 18.8 Å². The molecule has 2 heterocycles. The number of morpholine rings is 1. The highest BCUT2D eigenvalue weighted by molar-refractivity contribution is 6.62. The van der Waals surface area contributed by atoms with Crippen molar-refractivity contribution in [3.8, 4) is 0 Å². The van der Waals surface area contributed by atoms with Crippen molar-refractivity contribution in [2.75, 3.05) is 25.0 Å². The molecule has 1 aromatic carbocycles. The van der Waals surface area contributed by atoms with Crippen molar-refractivity contribution >= 4 is 24.2 Å². The molecule has 1 atom stereocenters. The smallest absolute Gasteiger partial charge is 0.399 e. The number of carbonyl (C=O) groups is 1.